The summed E-state index contributed by atoms with van der Waals surface area (Å²) in [7, 11) is -3.86. The van der Waals surface area contributed by atoms with Gasteiger partial charge in [0.1, 0.15) is 5.82 Å². The largest absolute Gasteiger partial charge is 0.398 e. The maximum atomic E-state index is 13.6. The van der Waals surface area contributed by atoms with Gasteiger partial charge in [0.2, 0.25) is 0 Å². The first kappa shape index (κ1) is 14.3. The van der Waals surface area contributed by atoms with Crippen LogP contribution in [0.15, 0.2) is 41.3 Å². The van der Waals surface area contributed by atoms with E-state index in [0.717, 1.165) is 11.1 Å². The van der Waals surface area contributed by atoms with E-state index in [1.54, 1.807) is 26.0 Å². The molecule has 106 valence electrons. The van der Waals surface area contributed by atoms with Crippen LogP contribution in [0.1, 0.15) is 11.1 Å². The molecule has 0 amide bonds. The van der Waals surface area contributed by atoms with Crippen molar-refractivity contribution in [2.45, 2.75) is 18.7 Å². The Kier molecular flexibility index (Phi) is 3.67. The summed E-state index contributed by atoms with van der Waals surface area (Å²) in [5, 5.41) is 0. The van der Waals surface area contributed by atoms with Gasteiger partial charge in [-0.1, -0.05) is 12.1 Å². The topological polar surface area (TPSA) is 72.2 Å². The number of nitrogen functional groups attached to an aromatic ring is 1. The summed E-state index contributed by atoms with van der Waals surface area (Å²) in [6.45, 7) is 3.53. The molecule has 0 aliphatic carbocycles. The van der Waals surface area contributed by atoms with Gasteiger partial charge in [0.25, 0.3) is 10.0 Å². The maximum absolute atomic E-state index is 13.6. The van der Waals surface area contributed by atoms with Crippen molar-refractivity contribution in [3.05, 3.63) is 53.3 Å². The van der Waals surface area contributed by atoms with E-state index in [2.05, 4.69) is 4.72 Å². The molecule has 0 saturated heterocycles. The minimum Gasteiger partial charge on any atom is -0.398 e. The van der Waals surface area contributed by atoms with Crippen LogP contribution in [0.4, 0.5) is 15.8 Å². The number of benzene rings is 2. The number of hydrogen-bond donors (Lipinski definition) is 2. The highest BCUT2D eigenvalue weighted by atomic mass is 32.2. The van der Waals surface area contributed by atoms with Gasteiger partial charge < -0.3 is 5.73 Å². The first-order valence-corrected chi connectivity index (χ1v) is 7.43. The molecule has 6 heteroatoms. The third-order valence-electron chi connectivity index (χ3n) is 2.93. The summed E-state index contributed by atoms with van der Waals surface area (Å²) in [6.07, 6.45) is 0. The fourth-order valence-corrected chi connectivity index (χ4v) is 2.80. The van der Waals surface area contributed by atoms with E-state index in [1.165, 1.54) is 24.3 Å². The number of anilines is 2. The smallest absolute Gasteiger partial charge is 0.262 e. The highest BCUT2D eigenvalue weighted by Gasteiger charge is 2.17. The number of sulfonamides is 1. The van der Waals surface area contributed by atoms with Crippen LogP contribution in [0.25, 0.3) is 0 Å². The predicted molar refractivity (Wildman–Crippen MR) is 77.5 cm³/mol. The number of hydrogen-bond acceptors (Lipinski definition) is 3. The third-order valence-corrected chi connectivity index (χ3v) is 4.29. The molecule has 0 radical (unpaired) electrons. The predicted octanol–water partition coefficient (Wildman–Crippen LogP) is 2.83. The molecule has 0 saturated carbocycles. The number of aryl methyl sites for hydroxylation is 2. The van der Waals surface area contributed by atoms with Crippen molar-refractivity contribution in [2.24, 2.45) is 0 Å². The molecule has 0 unspecified atom stereocenters. The van der Waals surface area contributed by atoms with Crippen molar-refractivity contribution < 1.29 is 12.8 Å². The molecule has 2 aromatic rings. The van der Waals surface area contributed by atoms with Crippen LogP contribution in [0.5, 0.6) is 0 Å². The quantitative estimate of drug-likeness (QED) is 0.855. The Morgan fingerprint density at radius 1 is 1.10 bits per heavy atom. The van der Waals surface area contributed by atoms with Crippen molar-refractivity contribution in [2.75, 3.05) is 10.5 Å². The first-order chi connectivity index (χ1) is 9.29. The van der Waals surface area contributed by atoms with E-state index in [-0.39, 0.29) is 10.6 Å². The fraction of sp³-hybridized carbons (Fsp3) is 0.143. The lowest BCUT2D eigenvalue weighted by Crippen LogP contribution is -2.14. The van der Waals surface area contributed by atoms with Crippen molar-refractivity contribution in [1.29, 1.82) is 0 Å². The molecule has 0 bridgehead atoms. The number of nitrogens with one attached hydrogen (secondary N) is 1. The monoisotopic (exact) mass is 294 g/mol. The van der Waals surface area contributed by atoms with E-state index < -0.39 is 15.8 Å². The van der Waals surface area contributed by atoms with Gasteiger partial charge >= 0.3 is 0 Å². The zero-order valence-corrected chi connectivity index (χ0v) is 12.0. The minimum atomic E-state index is -3.86. The van der Waals surface area contributed by atoms with Crippen LogP contribution in [-0.4, -0.2) is 8.42 Å². The molecule has 0 spiro atoms. The molecule has 0 fully saturated rings. The second kappa shape index (κ2) is 5.13. The average molecular weight is 294 g/mol. The van der Waals surface area contributed by atoms with E-state index in [0.29, 0.717) is 5.69 Å². The molecule has 2 aromatic carbocycles. The number of rotatable bonds is 3. The van der Waals surface area contributed by atoms with Crippen LogP contribution < -0.4 is 10.5 Å². The van der Waals surface area contributed by atoms with E-state index in [4.69, 9.17) is 5.73 Å². The third kappa shape index (κ3) is 2.91. The molecule has 4 nitrogen and oxygen atoms in total. The molecular weight excluding hydrogens is 279 g/mol. The fourth-order valence-electron chi connectivity index (χ4n) is 1.71. The SMILES string of the molecule is Cc1ccc(F)c(NS(=O)(=O)c2ccc(C)c(N)c2)c1. The van der Waals surface area contributed by atoms with Gasteiger partial charge in [-0.2, -0.15) is 0 Å². The molecular formula is C14H15FN2O2S. The standard InChI is InChI=1S/C14H15FN2O2S/c1-9-3-6-12(15)14(7-9)17-20(18,19)11-5-4-10(2)13(16)8-11/h3-8,17H,16H2,1-2H3. The molecule has 0 aliphatic heterocycles. The number of nitrogens with two attached hydrogens (primary N) is 1. The molecule has 0 aromatic heterocycles. The van der Waals surface area contributed by atoms with Crippen LogP contribution >= 0.6 is 0 Å². The molecule has 0 atom stereocenters. The lowest BCUT2D eigenvalue weighted by Gasteiger charge is -2.11. The Morgan fingerprint density at radius 3 is 2.45 bits per heavy atom. The van der Waals surface area contributed by atoms with Crippen LogP contribution in [0.3, 0.4) is 0 Å². The molecule has 3 N–H and O–H groups in total. The van der Waals surface area contributed by atoms with Gasteiger partial charge in [0.05, 0.1) is 10.6 Å². The minimum absolute atomic E-state index is 0.00139. The Bertz CT molecular complexity index is 758. The summed E-state index contributed by atoms with van der Waals surface area (Å²) in [4.78, 5) is 0.00139. The molecule has 0 aliphatic rings. The van der Waals surface area contributed by atoms with Crippen molar-refractivity contribution in [1.82, 2.24) is 0 Å². The Hall–Kier alpha value is -2.08. The Morgan fingerprint density at radius 2 is 1.80 bits per heavy atom. The molecule has 2 rings (SSSR count). The highest BCUT2D eigenvalue weighted by molar-refractivity contribution is 7.92. The summed E-state index contributed by atoms with van der Waals surface area (Å²) in [5.41, 5.74) is 7.53. The summed E-state index contributed by atoms with van der Waals surface area (Å²) < 4.78 is 40.2. The zero-order valence-electron chi connectivity index (χ0n) is 11.1. The van der Waals surface area contributed by atoms with Gasteiger partial charge in [0.15, 0.2) is 0 Å². The summed E-state index contributed by atoms with van der Waals surface area (Å²) in [5.74, 6) is -0.626. The average Bonchev–Trinajstić information content (AvgIpc) is 2.36. The normalized spacial score (nSPS) is 11.3. The second-order valence-corrected chi connectivity index (χ2v) is 6.29. The van der Waals surface area contributed by atoms with Gasteiger partial charge in [-0.25, -0.2) is 12.8 Å². The Labute approximate surface area is 117 Å². The van der Waals surface area contributed by atoms with Crippen molar-refractivity contribution in [3.63, 3.8) is 0 Å². The van der Waals surface area contributed by atoms with E-state index in [1.807, 2.05) is 0 Å². The number of halogens is 1. The molecule has 0 heterocycles. The molecule has 20 heavy (non-hydrogen) atoms. The van der Waals surface area contributed by atoms with Crippen molar-refractivity contribution in [3.8, 4) is 0 Å². The lowest BCUT2D eigenvalue weighted by molar-refractivity contribution is 0.598. The highest BCUT2D eigenvalue weighted by Crippen LogP contribution is 2.22. The van der Waals surface area contributed by atoms with Crippen LogP contribution in [0.2, 0.25) is 0 Å². The first-order valence-electron chi connectivity index (χ1n) is 5.95. The van der Waals surface area contributed by atoms with Crippen LogP contribution in [-0.2, 0) is 10.0 Å². The van der Waals surface area contributed by atoms with Gasteiger partial charge in [-0.05, 0) is 49.2 Å². The van der Waals surface area contributed by atoms with Crippen molar-refractivity contribution >= 4 is 21.4 Å². The zero-order chi connectivity index (χ0) is 14.9. The maximum Gasteiger partial charge on any atom is 0.262 e. The van der Waals surface area contributed by atoms with Gasteiger partial charge in [-0.3, -0.25) is 4.72 Å². The van der Waals surface area contributed by atoms with E-state index in [9.17, 15) is 12.8 Å². The van der Waals surface area contributed by atoms with Gasteiger partial charge in [-0.15, -0.1) is 0 Å². The summed E-state index contributed by atoms with van der Waals surface area (Å²) >= 11 is 0. The van der Waals surface area contributed by atoms with Crippen LogP contribution in [0, 0.1) is 19.7 Å². The second-order valence-electron chi connectivity index (χ2n) is 4.61. The Balaban J connectivity index is 2.40. The van der Waals surface area contributed by atoms with Gasteiger partial charge in [0, 0.05) is 5.69 Å². The summed E-state index contributed by atoms with van der Waals surface area (Å²) in [6, 6.07) is 8.61. The van der Waals surface area contributed by atoms with E-state index >= 15 is 0 Å². The lowest BCUT2D eigenvalue weighted by atomic mass is 10.2.